The van der Waals surface area contributed by atoms with E-state index in [1.165, 1.54) is 0 Å². The third-order valence-electron chi connectivity index (χ3n) is 3.27. The summed E-state index contributed by atoms with van der Waals surface area (Å²) in [6.07, 6.45) is 1.00. The van der Waals surface area contributed by atoms with Gasteiger partial charge < -0.3 is 10.6 Å². The van der Waals surface area contributed by atoms with E-state index in [9.17, 15) is 4.39 Å². The highest BCUT2D eigenvalue weighted by Crippen LogP contribution is 2.25. The van der Waals surface area contributed by atoms with Crippen molar-refractivity contribution in [1.82, 2.24) is 0 Å². The van der Waals surface area contributed by atoms with Crippen molar-refractivity contribution in [2.24, 2.45) is 5.73 Å². The molecule has 3 heteroatoms. The van der Waals surface area contributed by atoms with Crippen LogP contribution in [0, 0.1) is 5.82 Å². The monoisotopic (exact) mass is 238 g/mol. The Bertz CT molecular complexity index is 363. The maximum Gasteiger partial charge on any atom is 0.146 e. The minimum atomic E-state index is -0.179. The number of hydrogen-bond donors (Lipinski definition) is 1. The van der Waals surface area contributed by atoms with Gasteiger partial charge in [0.15, 0.2) is 0 Å². The average Bonchev–Trinajstić information content (AvgIpc) is 2.31. The standard InChI is InChI=1S/C14H23FN2/c1-5-10(3)17(6-2)14-8-7-12(11(4)16)9-13(14)15/h7-11H,5-6,16H2,1-4H3. The summed E-state index contributed by atoms with van der Waals surface area (Å²) in [6.45, 7) is 8.94. The van der Waals surface area contributed by atoms with Crippen molar-refractivity contribution < 1.29 is 4.39 Å². The Hall–Kier alpha value is -1.09. The third kappa shape index (κ3) is 3.19. The maximum absolute atomic E-state index is 14.0. The van der Waals surface area contributed by atoms with Gasteiger partial charge in [-0.1, -0.05) is 13.0 Å². The lowest BCUT2D eigenvalue weighted by Crippen LogP contribution is -2.33. The first-order valence-corrected chi connectivity index (χ1v) is 6.32. The van der Waals surface area contributed by atoms with E-state index in [2.05, 4.69) is 18.7 Å². The van der Waals surface area contributed by atoms with Crippen LogP contribution in [0.3, 0.4) is 0 Å². The minimum absolute atomic E-state index is 0.128. The van der Waals surface area contributed by atoms with Crippen molar-refractivity contribution in [2.45, 2.75) is 46.2 Å². The molecule has 0 amide bonds. The molecular weight excluding hydrogens is 215 g/mol. The van der Waals surface area contributed by atoms with E-state index in [-0.39, 0.29) is 11.9 Å². The van der Waals surface area contributed by atoms with Crippen molar-refractivity contribution in [3.8, 4) is 0 Å². The molecule has 2 N–H and O–H groups in total. The molecule has 0 fully saturated rings. The minimum Gasteiger partial charge on any atom is -0.367 e. The van der Waals surface area contributed by atoms with Crippen LogP contribution in [0.1, 0.15) is 45.7 Å². The van der Waals surface area contributed by atoms with Crippen LogP contribution >= 0.6 is 0 Å². The van der Waals surface area contributed by atoms with Gasteiger partial charge in [0.1, 0.15) is 5.82 Å². The summed E-state index contributed by atoms with van der Waals surface area (Å²) in [5, 5.41) is 0. The zero-order valence-electron chi connectivity index (χ0n) is 11.2. The van der Waals surface area contributed by atoms with Crippen LogP contribution < -0.4 is 10.6 Å². The fraction of sp³-hybridized carbons (Fsp3) is 0.571. The van der Waals surface area contributed by atoms with Crippen LogP contribution in [0.4, 0.5) is 10.1 Å². The van der Waals surface area contributed by atoms with Crippen LogP contribution in [-0.4, -0.2) is 12.6 Å². The normalized spacial score (nSPS) is 14.5. The molecule has 0 saturated carbocycles. The Morgan fingerprint density at radius 3 is 2.35 bits per heavy atom. The highest BCUT2D eigenvalue weighted by atomic mass is 19.1. The van der Waals surface area contributed by atoms with Crippen LogP contribution in [0.25, 0.3) is 0 Å². The SMILES string of the molecule is CCC(C)N(CC)c1ccc(C(C)N)cc1F. The Labute approximate surface area is 104 Å². The molecule has 0 aliphatic carbocycles. The van der Waals surface area contributed by atoms with Crippen molar-refractivity contribution in [3.63, 3.8) is 0 Å². The van der Waals surface area contributed by atoms with E-state index in [1.54, 1.807) is 6.07 Å². The zero-order chi connectivity index (χ0) is 13.0. The molecule has 2 unspecified atom stereocenters. The number of hydrogen-bond acceptors (Lipinski definition) is 2. The van der Waals surface area contributed by atoms with Crippen LogP contribution in [0.15, 0.2) is 18.2 Å². The smallest absolute Gasteiger partial charge is 0.146 e. The molecule has 0 bridgehead atoms. The molecule has 2 atom stereocenters. The Balaban J connectivity index is 3.05. The number of benzene rings is 1. The molecule has 1 rings (SSSR count). The summed E-state index contributed by atoms with van der Waals surface area (Å²) in [5.41, 5.74) is 7.26. The fourth-order valence-corrected chi connectivity index (χ4v) is 1.98. The van der Waals surface area contributed by atoms with Crippen molar-refractivity contribution in [1.29, 1.82) is 0 Å². The molecule has 0 spiro atoms. The van der Waals surface area contributed by atoms with E-state index in [0.717, 1.165) is 18.5 Å². The molecule has 2 nitrogen and oxygen atoms in total. The van der Waals surface area contributed by atoms with Gasteiger partial charge in [-0.3, -0.25) is 0 Å². The van der Waals surface area contributed by atoms with Crippen molar-refractivity contribution >= 4 is 5.69 Å². The first kappa shape index (κ1) is 14.0. The molecule has 0 aliphatic rings. The predicted octanol–water partition coefficient (Wildman–Crippen LogP) is 3.47. The third-order valence-corrected chi connectivity index (χ3v) is 3.27. The van der Waals surface area contributed by atoms with Crippen molar-refractivity contribution in [2.75, 3.05) is 11.4 Å². The molecular formula is C14H23FN2. The first-order chi connectivity index (χ1) is 8.01. The summed E-state index contributed by atoms with van der Waals surface area (Å²) in [7, 11) is 0. The highest BCUT2D eigenvalue weighted by Gasteiger charge is 2.15. The van der Waals surface area contributed by atoms with Gasteiger partial charge in [-0.2, -0.15) is 0 Å². The summed E-state index contributed by atoms with van der Waals surface area (Å²) in [6, 6.07) is 5.51. The van der Waals surface area contributed by atoms with E-state index >= 15 is 0 Å². The lowest BCUT2D eigenvalue weighted by molar-refractivity contribution is 0.581. The van der Waals surface area contributed by atoms with Crippen LogP contribution in [0.5, 0.6) is 0 Å². The summed E-state index contributed by atoms with van der Waals surface area (Å²) < 4.78 is 14.0. The molecule has 1 aromatic rings. The zero-order valence-corrected chi connectivity index (χ0v) is 11.2. The van der Waals surface area contributed by atoms with Gasteiger partial charge in [-0.15, -0.1) is 0 Å². The lowest BCUT2D eigenvalue weighted by atomic mass is 10.1. The second-order valence-electron chi connectivity index (χ2n) is 4.54. The summed E-state index contributed by atoms with van der Waals surface area (Å²) >= 11 is 0. The largest absolute Gasteiger partial charge is 0.367 e. The molecule has 96 valence electrons. The van der Waals surface area contributed by atoms with Crippen LogP contribution in [-0.2, 0) is 0 Å². The molecule has 1 aromatic carbocycles. The van der Waals surface area contributed by atoms with Gasteiger partial charge in [0, 0.05) is 18.6 Å². The van der Waals surface area contributed by atoms with Gasteiger partial charge in [-0.05, 0) is 44.9 Å². The Morgan fingerprint density at radius 1 is 1.29 bits per heavy atom. The predicted molar refractivity (Wildman–Crippen MR) is 71.8 cm³/mol. The molecule has 0 radical (unpaired) electrons. The number of rotatable bonds is 5. The van der Waals surface area contributed by atoms with Gasteiger partial charge in [0.05, 0.1) is 5.69 Å². The van der Waals surface area contributed by atoms with Gasteiger partial charge in [0.2, 0.25) is 0 Å². The quantitative estimate of drug-likeness (QED) is 0.851. The molecule has 17 heavy (non-hydrogen) atoms. The lowest BCUT2D eigenvalue weighted by Gasteiger charge is -2.30. The second kappa shape index (κ2) is 6.01. The Kier molecular flexibility index (Phi) is 4.94. The average molecular weight is 238 g/mol. The second-order valence-corrected chi connectivity index (χ2v) is 4.54. The van der Waals surface area contributed by atoms with Crippen LogP contribution in [0.2, 0.25) is 0 Å². The Morgan fingerprint density at radius 2 is 1.94 bits per heavy atom. The highest BCUT2D eigenvalue weighted by molar-refractivity contribution is 5.50. The van der Waals surface area contributed by atoms with E-state index in [4.69, 9.17) is 5.73 Å². The first-order valence-electron chi connectivity index (χ1n) is 6.32. The van der Waals surface area contributed by atoms with Crippen molar-refractivity contribution in [3.05, 3.63) is 29.6 Å². The molecule has 0 aliphatic heterocycles. The molecule has 0 saturated heterocycles. The number of halogens is 1. The van der Waals surface area contributed by atoms with E-state index in [1.807, 2.05) is 26.0 Å². The number of anilines is 1. The van der Waals surface area contributed by atoms with Gasteiger partial charge >= 0.3 is 0 Å². The fourth-order valence-electron chi connectivity index (χ4n) is 1.98. The molecule has 0 aromatic heterocycles. The van der Waals surface area contributed by atoms with Gasteiger partial charge in [0.25, 0.3) is 0 Å². The topological polar surface area (TPSA) is 29.3 Å². The van der Waals surface area contributed by atoms with E-state index in [0.29, 0.717) is 11.7 Å². The summed E-state index contributed by atoms with van der Waals surface area (Å²) in [4.78, 5) is 2.08. The number of nitrogens with two attached hydrogens (primary N) is 1. The molecule has 0 heterocycles. The van der Waals surface area contributed by atoms with E-state index < -0.39 is 0 Å². The summed E-state index contributed by atoms with van der Waals surface area (Å²) in [5.74, 6) is -0.179. The maximum atomic E-state index is 14.0. The number of nitrogens with zero attached hydrogens (tertiary/aromatic N) is 1. The van der Waals surface area contributed by atoms with Gasteiger partial charge in [-0.25, -0.2) is 4.39 Å².